The number of hydrogen-bond donors (Lipinski definition) is 4. The largest absolute Gasteiger partial charge is 0.353 e. The zero-order valence-electron chi connectivity index (χ0n) is 28.7. The third-order valence-electron chi connectivity index (χ3n) is 10.4. The summed E-state index contributed by atoms with van der Waals surface area (Å²) in [6.07, 6.45) is 2.52. The number of urea groups is 1. The van der Waals surface area contributed by atoms with Gasteiger partial charge in [-0.1, -0.05) is 68.2 Å². The van der Waals surface area contributed by atoms with Crippen LogP contribution < -0.4 is 21.3 Å². The predicted octanol–water partition coefficient (Wildman–Crippen LogP) is 1.35. The van der Waals surface area contributed by atoms with Crippen LogP contribution in [0.1, 0.15) is 87.5 Å². The highest BCUT2D eigenvalue weighted by molar-refractivity contribution is 6.38. The van der Waals surface area contributed by atoms with Crippen molar-refractivity contribution in [3.05, 3.63) is 0 Å². The molecule has 4 rings (SSSR count). The number of piperidine rings is 1. The van der Waals surface area contributed by atoms with E-state index in [-0.39, 0.29) is 54.4 Å². The van der Waals surface area contributed by atoms with Gasteiger partial charge in [0.25, 0.3) is 5.91 Å². The van der Waals surface area contributed by atoms with E-state index in [1.54, 1.807) is 0 Å². The molecule has 13 heteroatoms. The first-order chi connectivity index (χ1) is 21.2. The van der Waals surface area contributed by atoms with Gasteiger partial charge in [-0.3, -0.25) is 33.7 Å². The van der Waals surface area contributed by atoms with Gasteiger partial charge in [0.05, 0.1) is 12.1 Å². The van der Waals surface area contributed by atoms with Gasteiger partial charge < -0.3 is 26.2 Å². The second-order valence-corrected chi connectivity index (χ2v) is 16.3. The molecule has 2 aliphatic carbocycles. The molecule has 2 saturated carbocycles. The number of fused-ring (bicyclic) bond motifs is 1. The first-order valence-electron chi connectivity index (χ1n) is 16.5. The van der Waals surface area contributed by atoms with Crippen molar-refractivity contribution in [3.63, 3.8) is 0 Å². The number of hydrogen-bond acceptors (Lipinski definition) is 7. The topological polar surface area (TPSA) is 174 Å². The second-order valence-electron chi connectivity index (χ2n) is 16.3. The van der Waals surface area contributed by atoms with E-state index < -0.39 is 64.5 Å². The van der Waals surface area contributed by atoms with E-state index in [0.717, 1.165) is 12.8 Å². The standard InChI is InChI=1S/C33H52N6O7/c1-31(2,3)20(16-38-21(40)12-13-22(38)41)36-30(46)37-26(32(4,5)6)29(45)39-15-18-23(33(18,7)8)24(39)27(43)35-19(14-17-10-11-17)25(42)28(44)34-9/h17-20,23-24,26H,10-16H2,1-9H3,(H,34,44)(H,35,43)(H2,36,37,46)/t18-,19?,20+,23-,24-,26+/m0/s1. The van der Waals surface area contributed by atoms with E-state index in [1.807, 2.05) is 41.5 Å². The summed E-state index contributed by atoms with van der Waals surface area (Å²) in [7, 11) is 1.37. The summed E-state index contributed by atoms with van der Waals surface area (Å²) in [5.74, 6) is -2.73. The molecule has 0 radical (unpaired) electrons. The number of Topliss-reactive ketones (excluding diaryl/α,β-unsaturated/α-hetero) is 1. The van der Waals surface area contributed by atoms with Gasteiger partial charge in [0.1, 0.15) is 12.1 Å². The van der Waals surface area contributed by atoms with E-state index in [0.29, 0.717) is 13.0 Å². The van der Waals surface area contributed by atoms with E-state index in [1.165, 1.54) is 16.8 Å². The Labute approximate surface area is 271 Å². The number of rotatable bonds is 11. The Morgan fingerprint density at radius 3 is 1.98 bits per heavy atom. The maximum Gasteiger partial charge on any atom is 0.315 e. The van der Waals surface area contributed by atoms with E-state index in [2.05, 4.69) is 35.1 Å². The highest BCUT2D eigenvalue weighted by Gasteiger charge is 2.70. The molecule has 256 valence electrons. The van der Waals surface area contributed by atoms with Gasteiger partial charge in [-0.15, -0.1) is 0 Å². The predicted molar refractivity (Wildman–Crippen MR) is 169 cm³/mol. The molecule has 0 spiro atoms. The first-order valence-corrected chi connectivity index (χ1v) is 16.5. The Balaban J connectivity index is 1.52. The minimum absolute atomic E-state index is 0.0202. The molecule has 0 aromatic rings. The lowest BCUT2D eigenvalue weighted by molar-refractivity contribution is -0.145. The number of imide groups is 1. The summed E-state index contributed by atoms with van der Waals surface area (Å²) in [5, 5.41) is 10.9. The van der Waals surface area contributed by atoms with Crippen molar-refractivity contribution in [2.45, 2.75) is 112 Å². The Bertz CT molecular complexity index is 1280. The Hall–Kier alpha value is -3.51. The van der Waals surface area contributed by atoms with Gasteiger partial charge in [0, 0.05) is 33.0 Å². The third kappa shape index (κ3) is 7.38. The number of likely N-dealkylation sites (tertiary alicyclic amines) is 2. The molecule has 4 fully saturated rings. The fourth-order valence-corrected chi connectivity index (χ4v) is 6.96. The van der Waals surface area contributed by atoms with Crippen LogP contribution in [0.15, 0.2) is 0 Å². The quantitative estimate of drug-likeness (QED) is 0.194. The SMILES string of the molecule is CNC(=O)C(=O)C(CC1CC1)NC(=O)[C@@H]1[C@@H]2[C@H](CN1C(=O)[C@@H](NC(=O)N[C@H](CN1C(=O)CCC1=O)C(C)(C)C)C(C)(C)C)C2(C)C. The Kier molecular flexibility index (Phi) is 9.68. The lowest BCUT2D eigenvalue weighted by Gasteiger charge is -2.39. The molecule has 7 amide bonds. The second kappa shape index (κ2) is 12.6. The van der Waals surface area contributed by atoms with Crippen molar-refractivity contribution in [1.82, 2.24) is 31.1 Å². The van der Waals surface area contributed by atoms with E-state index in [4.69, 9.17) is 0 Å². The summed E-state index contributed by atoms with van der Waals surface area (Å²) in [5.41, 5.74) is -1.46. The van der Waals surface area contributed by atoms with Gasteiger partial charge in [0.2, 0.25) is 29.4 Å². The average Bonchev–Trinajstić information content (AvgIpc) is 3.75. The van der Waals surface area contributed by atoms with Gasteiger partial charge in [-0.2, -0.15) is 0 Å². The first kappa shape index (κ1) is 35.3. The van der Waals surface area contributed by atoms with Crippen molar-refractivity contribution in [2.24, 2.45) is 34.0 Å². The summed E-state index contributed by atoms with van der Waals surface area (Å²) in [4.78, 5) is 94.1. The van der Waals surface area contributed by atoms with Crippen LogP contribution in [-0.2, 0) is 28.8 Å². The molecule has 13 nitrogen and oxygen atoms in total. The fraction of sp³-hybridized carbons (Fsp3) is 0.788. The van der Waals surface area contributed by atoms with Crippen LogP contribution in [0.4, 0.5) is 4.79 Å². The molecular weight excluding hydrogens is 592 g/mol. The molecule has 4 aliphatic rings. The number of carbonyl (C=O) groups is 7. The zero-order chi connectivity index (χ0) is 34.5. The lowest BCUT2D eigenvalue weighted by Crippen LogP contribution is -2.62. The summed E-state index contributed by atoms with van der Waals surface area (Å²) in [6, 6.07) is -4.08. The molecule has 0 bridgehead atoms. The number of ketones is 1. The Morgan fingerprint density at radius 2 is 1.48 bits per heavy atom. The van der Waals surface area contributed by atoms with Gasteiger partial charge in [-0.05, 0) is 40.4 Å². The minimum Gasteiger partial charge on any atom is -0.353 e. The highest BCUT2D eigenvalue weighted by Crippen LogP contribution is 2.65. The van der Waals surface area contributed by atoms with Gasteiger partial charge in [-0.25, -0.2) is 4.79 Å². The molecule has 0 aromatic carbocycles. The van der Waals surface area contributed by atoms with E-state index in [9.17, 15) is 33.6 Å². The van der Waals surface area contributed by atoms with E-state index >= 15 is 0 Å². The van der Waals surface area contributed by atoms with Crippen molar-refractivity contribution in [1.29, 1.82) is 0 Å². The van der Waals surface area contributed by atoms with Crippen LogP contribution in [0, 0.1) is 34.0 Å². The van der Waals surface area contributed by atoms with Crippen molar-refractivity contribution < 1.29 is 33.6 Å². The number of amides is 7. The molecule has 6 atom stereocenters. The molecule has 2 heterocycles. The molecule has 2 aliphatic heterocycles. The molecule has 0 aromatic heterocycles. The van der Waals surface area contributed by atoms with Crippen LogP contribution in [-0.4, -0.2) is 95.5 Å². The summed E-state index contributed by atoms with van der Waals surface area (Å²) >= 11 is 0. The number of carbonyl (C=O) groups excluding carboxylic acids is 7. The maximum atomic E-state index is 14.3. The lowest BCUT2D eigenvalue weighted by atomic mass is 9.85. The van der Waals surface area contributed by atoms with Gasteiger partial charge in [0.15, 0.2) is 0 Å². The number of nitrogens with one attached hydrogen (secondary N) is 4. The Morgan fingerprint density at radius 1 is 0.891 bits per heavy atom. The number of likely N-dealkylation sites (N-methyl/N-ethyl adjacent to an activating group) is 1. The summed E-state index contributed by atoms with van der Waals surface area (Å²) < 4.78 is 0. The van der Waals surface area contributed by atoms with Crippen LogP contribution in [0.2, 0.25) is 0 Å². The third-order valence-corrected chi connectivity index (χ3v) is 10.4. The van der Waals surface area contributed by atoms with Crippen molar-refractivity contribution in [3.8, 4) is 0 Å². The zero-order valence-corrected chi connectivity index (χ0v) is 28.7. The minimum atomic E-state index is -1.02. The maximum absolute atomic E-state index is 14.3. The molecule has 4 N–H and O–H groups in total. The van der Waals surface area contributed by atoms with Crippen LogP contribution >= 0.6 is 0 Å². The van der Waals surface area contributed by atoms with Crippen LogP contribution in [0.5, 0.6) is 0 Å². The monoisotopic (exact) mass is 644 g/mol. The van der Waals surface area contributed by atoms with Gasteiger partial charge >= 0.3 is 6.03 Å². The fourth-order valence-electron chi connectivity index (χ4n) is 6.96. The molecular formula is C33H52N6O7. The van der Waals surface area contributed by atoms with Crippen LogP contribution in [0.25, 0.3) is 0 Å². The van der Waals surface area contributed by atoms with Crippen LogP contribution in [0.3, 0.4) is 0 Å². The highest BCUT2D eigenvalue weighted by atomic mass is 16.2. The smallest absolute Gasteiger partial charge is 0.315 e. The van der Waals surface area contributed by atoms with Crippen molar-refractivity contribution in [2.75, 3.05) is 20.1 Å². The summed E-state index contributed by atoms with van der Waals surface area (Å²) in [6.45, 7) is 15.6. The molecule has 1 unspecified atom stereocenters. The molecule has 46 heavy (non-hydrogen) atoms. The molecule has 2 saturated heterocycles. The van der Waals surface area contributed by atoms with Crippen molar-refractivity contribution >= 4 is 41.4 Å². The normalized spacial score (nSPS) is 25.7. The average molecular weight is 645 g/mol. The number of nitrogens with zero attached hydrogens (tertiary/aromatic N) is 2.